The number of hydrogen-bond acceptors (Lipinski definition) is 3. The van der Waals surface area contributed by atoms with Gasteiger partial charge in [0.25, 0.3) is 0 Å². The zero-order chi connectivity index (χ0) is 27.2. The molecule has 0 spiro atoms. The molecule has 6 heteroatoms. The summed E-state index contributed by atoms with van der Waals surface area (Å²) in [6, 6.07) is 40.4. The van der Waals surface area contributed by atoms with Crippen LogP contribution >= 0.6 is 0 Å². The van der Waals surface area contributed by atoms with Crippen LogP contribution in [0.4, 0.5) is 17.1 Å². The molecule has 0 fully saturated rings. The first-order chi connectivity index (χ1) is 19.5. The van der Waals surface area contributed by atoms with E-state index in [1.807, 2.05) is 70.3 Å². The second-order valence-electron chi connectivity index (χ2n) is 10.2. The maximum atomic E-state index is 4.80. The van der Waals surface area contributed by atoms with Crippen molar-refractivity contribution in [1.82, 2.24) is 19.6 Å². The van der Waals surface area contributed by atoms with Crippen LogP contribution in [-0.2, 0) is 21.1 Å². The molecule has 2 heterocycles. The molecule has 5 nitrogen and oxygen atoms in total. The predicted octanol–water partition coefficient (Wildman–Crippen LogP) is 8.36. The minimum Gasteiger partial charge on any atom is -0.358 e. The third-order valence-corrected chi connectivity index (χ3v) is 7.19. The van der Waals surface area contributed by atoms with Gasteiger partial charge in [0.05, 0.1) is 11.0 Å². The van der Waals surface area contributed by atoms with Crippen LogP contribution in [0.1, 0.15) is 16.7 Å². The topological polar surface area (TPSA) is 38.9 Å². The molecule has 0 aliphatic rings. The number of rotatable bonds is 5. The van der Waals surface area contributed by atoms with Gasteiger partial charge in [0.15, 0.2) is 0 Å². The average Bonchev–Trinajstić information content (AvgIpc) is 3.60. The predicted molar refractivity (Wildman–Crippen MR) is 162 cm³/mol. The monoisotopic (exact) mass is 712 g/mol. The van der Waals surface area contributed by atoms with Crippen molar-refractivity contribution in [3.63, 3.8) is 0 Å². The average molecular weight is 713 g/mol. The van der Waals surface area contributed by atoms with Gasteiger partial charge >= 0.3 is 21.1 Å². The Bertz CT molecular complexity index is 1810. The quantitative estimate of drug-likeness (QED) is 0.169. The number of benzene rings is 5. The fraction of sp³-hybridized carbons (Fsp3) is 0.0857. The van der Waals surface area contributed by atoms with Crippen molar-refractivity contribution in [3.05, 3.63) is 138 Å². The molecule has 0 aliphatic heterocycles. The van der Waals surface area contributed by atoms with Gasteiger partial charge in [0.1, 0.15) is 0 Å². The van der Waals surface area contributed by atoms with E-state index in [-0.39, 0.29) is 21.1 Å². The zero-order valence-electron chi connectivity index (χ0n) is 22.9. The van der Waals surface area contributed by atoms with Crippen LogP contribution in [0.3, 0.4) is 0 Å². The summed E-state index contributed by atoms with van der Waals surface area (Å²) in [4.78, 5) is 2.24. The van der Waals surface area contributed by atoms with Crippen LogP contribution in [0.2, 0.25) is 0 Å². The Kier molecular flexibility index (Phi) is 7.06. The van der Waals surface area contributed by atoms with Crippen molar-refractivity contribution >= 4 is 38.9 Å². The summed E-state index contributed by atoms with van der Waals surface area (Å²) < 4.78 is 3.80. The zero-order valence-corrected chi connectivity index (χ0v) is 25.2. The molecule has 202 valence electrons. The molecule has 0 radical (unpaired) electrons. The largest absolute Gasteiger partial charge is 2.00 e. The van der Waals surface area contributed by atoms with Gasteiger partial charge in [-0.3, -0.25) is 9.36 Å². The molecule has 5 aromatic carbocycles. The van der Waals surface area contributed by atoms with Gasteiger partial charge in [0.2, 0.25) is 0 Å². The molecule has 0 saturated carbocycles. The molecule has 0 saturated heterocycles. The molecule has 0 bridgehead atoms. The van der Waals surface area contributed by atoms with E-state index in [1.54, 1.807) is 0 Å². The summed E-state index contributed by atoms with van der Waals surface area (Å²) >= 11 is 0. The van der Waals surface area contributed by atoms with Crippen molar-refractivity contribution in [1.29, 1.82) is 0 Å². The number of nitrogens with zero attached hydrogens (tertiary/aromatic N) is 5. The molecule has 41 heavy (non-hydrogen) atoms. The van der Waals surface area contributed by atoms with Gasteiger partial charge in [-0.2, -0.15) is 22.3 Å². The Balaban J connectivity index is 0.00000302. The molecule has 0 amide bonds. The summed E-state index contributed by atoms with van der Waals surface area (Å²) in [5.74, 6) is 0. The Labute approximate surface area is 253 Å². The van der Waals surface area contributed by atoms with Gasteiger partial charge in [-0.05, 0) is 55.4 Å². The summed E-state index contributed by atoms with van der Waals surface area (Å²) in [6.07, 6.45) is 4.10. The maximum absolute atomic E-state index is 4.80. The van der Waals surface area contributed by atoms with E-state index < -0.39 is 0 Å². The summed E-state index contributed by atoms with van der Waals surface area (Å²) in [7, 11) is 0. The molecule has 0 aliphatic carbocycles. The summed E-state index contributed by atoms with van der Waals surface area (Å²) in [5, 5.41) is 11.8. The third kappa shape index (κ3) is 4.98. The van der Waals surface area contributed by atoms with Crippen molar-refractivity contribution in [2.45, 2.75) is 20.8 Å². The number of aromatic nitrogens is 4. The minimum absolute atomic E-state index is 0. The van der Waals surface area contributed by atoms with Crippen molar-refractivity contribution in [2.24, 2.45) is 0 Å². The first-order valence-corrected chi connectivity index (χ1v) is 13.4. The molecule has 0 unspecified atom stereocenters. The second kappa shape index (κ2) is 10.8. The molecule has 7 aromatic rings. The van der Waals surface area contributed by atoms with Gasteiger partial charge in [-0.25, -0.2) is 0 Å². The Morgan fingerprint density at radius 3 is 1.51 bits per heavy atom. The van der Waals surface area contributed by atoms with E-state index in [4.69, 9.17) is 10.2 Å². The third-order valence-electron chi connectivity index (χ3n) is 7.19. The maximum Gasteiger partial charge on any atom is 2.00 e. The molecular weight excluding hydrogens is 685 g/mol. The number of fused-ring (bicyclic) bond motifs is 2. The first kappa shape index (κ1) is 26.7. The SMILES string of the molecule is Cc1cc(C)c(N(c2[c-]c(-n3cc4ccccc4n3)ccc2)c2[c-]c(-n3cc4ccccc4n3)ccc2)c(C)c1.[Pt+2]. The fourth-order valence-electron chi connectivity index (χ4n) is 5.49. The Morgan fingerprint density at radius 1 is 0.585 bits per heavy atom. The first-order valence-electron chi connectivity index (χ1n) is 13.4. The number of anilines is 3. The van der Waals surface area contributed by atoms with E-state index >= 15 is 0 Å². The van der Waals surface area contributed by atoms with Crippen molar-refractivity contribution < 1.29 is 21.1 Å². The number of aryl methyl sites for hydroxylation is 3. The van der Waals surface area contributed by atoms with Crippen molar-refractivity contribution in [2.75, 3.05) is 4.90 Å². The van der Waals surface area contributed by atoms with Crippen LogP contribution in [0.5, 0.6) is 0 Å². The number of hydrogen-bond donors (Lipinski definition) is 0. The summed E-state index contributed by atoms with van der Waals surface area (Å²) in [6.45, 7) is 6.46. The van der Waals surface area contributed by atoms with Crippen LogP contribution in [0.25, 0.3) is 33.2 Å². The second-order valence-corrected chi connectivity index (χ2v) is 10.2. The van der Waals surface area contributed by atoms with Gasteiger partial charge in [-0.15, -0.1) is 36.4 Å². The molecular formula is C35H27N5Pt. The van der Waals surface area contributed by atoms with Crippen molar-refractivity contribution in [3.8, 4) is 11.4 Å². The van der Waals surface area contributed by atoms with Gasteiger partial charge in [-0.1, -0.05) is 65.5 Å². The van der Waals surface area contributed by atoms with E-state index in [0.29, 0.717) is 0 Å². The Hall–Kier alpha value is -4.47. The van der Waals surface area contributed by atoms with Crippen LogP contribution in [-0.4, -0.2) is 19.6 Å². The molecule has 7 rings (SSSR count). The van der Waals surface area contributed by atoms with E-state index in [9.17, 15) is 0 Å². The minimum atomic E-state index is 0. The molecule has 0 atom stereocenters. The van der Waals surface area contributed by atoms with E-state index in [0.717, 1.165) is 50.2 Å². The molecule has 0 N–H and O–H groups in total. The fourth-order valence-corrected chi connectivity index (χ4v) is 5.49. The van der Waals surface area contributed by atoms with Crippen LogP contribution < -0.4 is 4.90 Å². The van der Waals surface area contributed by atoms with Gasteiger partial charge < -0.3 is 4.90 Å². The van der Waals surface area contributed by atoms with E-state index in [2.05, 4.69) is 86.3 Å². The Morgan fingerprint density at radius 2 is 1.05 bits per heavy atom. The molecule has 2 aromatic heterocycles. The van der Waals surface area contributed by atoms with E-state index in [1.165, 1.54) is 16.7 Å². The standard InChI is InChI=1S/C35H27N5.Pt/c1-24-18-25(2)35(26(3)19-24)40(31-14-8-12-29(20-31)38-22-27-10-4-6-16-33(27)36-38)32-15-9-13-30(21-32)39-23-28-11-5-7-17-34(28)37-39;/h4-19,22-23H,1-3H3;/q-2;+2. The van der Waals surface area contributed by atoms with Crippen LogP contribution in [0.15, 0.2) is 109 Å². The normalized spacial score (nSPS) is 11.1. The van der Waals surface area contributed by atoms with Crippen LogP contribution in [0, 0.1) is 32.9 Å². The summed E-state index contributed by atoms with van der Waals surface area (Å²) in [5.41, 5.74) is 10.2. The smallest absolute Gasteiger partial charge is 0.358 e. The van der Waals surface area contributed by atoms with Gasteiger partial charge in [0, 0.05) is 28.9 Å².